The summed E-state index contributed by atoms with van der Waals surface area (Å²) < 4.78 is 0. The van der Waals surface area contributed by atoms with E-state index in [1.54, 1.807) is 0 Å². The topological polar surface area (TPSA) is 0 Å². The zero-order valence-corrected chi connectivity index (χ0v) is 23.8. The van der Waals surface area contributed by atoms with Crippen molar-refractivity contribution in [3.63, 3.8) is 0 Å². The van der Waals surface area contributed by atoms with E-state index in [9.17, 15) is 0 Å². The lowest BCUT2D eigenvalue weighted by atomic mass is 9.86. The van der Waals surface area contributed by atoms with Crippen molar-refractivity contribution in [2.75, 3.05) is 0 Å². The van der Waals surface area contributed by atoms with Gasteiger partial charge < -0.3 is 0 Å². The number of aryl methyl sites for hydroxylation is 2. The van der Waals surface area contributed by atoms with Crippen molar-refractivity contribution >= 4 is 86.2 Å². The van der Waals surface area contributed by atoms with E-state index in [1.807, 2.05) is 0 Å². The fourth-order valence-corrected chi connectivity index (χ4v) is 8.32. The van der Waals surface area contributed by atoms with Crippen LogP contribution in [0.15, 0.2) is 133 Å². The first-order chi connectivity index (χ1) is 21.3. The maximum atomic E-state index is 2.39. The van der Waals surface area contributed by atoms with E-state index >= 15 is 0 Å². The van der Waals surface area contributed by atoms with E-state index in [2.05, 4.69) is 133 Å². The van der Waals surface area contributed by atoms with E-state index in [0.29, 0.717) is 0 Å². The Hall–Kier alpha value is -5.20. The lowest BCUT2D eigenvalue weighted by molar-refractivity contribution is 0.830. The number of hydrogen-bond acceptors (Lipinski definition) is 0. The van der Waals surface area contributed by atoms with Crippen LogP contribution in [-0.4, -0.2) is 0 Å². The summed E-state index contributed by atoms with van der Waals surface area (Å²) in [5, 5.41) is 22.0. The third-order valence-corrected chi connectivity index (χ3v) is 10.1. The summed E-state index contributed by atoms with van der Waals surface area (Å²) in [6.45, 7) is 0. The Morgan fingerprint density at radius 3 is 0.953 bits per heavy atom. The lowest BCUT2D eigenvalue weighted by Gasteiger charge is -2.17. The Morgan fingerprint density at radius 2 is 0.558 bits per heavy atom. The zero-order valence-electron chi connectivity index (χ0n) is 23.8. The highest BCUT2D eigenvalue weighted by Gasteiger charge is 2.16. The minimum Gasteiger partial charge on any atom is -0.0610 e. The maximum absolute atomic E-state index is 2.39. The van der Waals surface area contributed by atoms with E-state index in [-0.39, 0.29) is 0 Å². The monoisotopic (exact) mass is 544 g/mol. The molecule has 0 radical (unpaired) electrons. The van der Waals surface area contributed by atoms with Crippen molar-refractivity contribution in [2.45, 2.75) is 19.3 Å². The van der Waals surface area contributed by atoms with Gasteiger partial charge in [0.05, 0.1) is 0 Å². The first-order valence-corrected chi connectivity index (χ1v) is 15.5. The lowest BCUT2D eigenvalue weighted by Crippen LogP contribution is -1.95. The van der Waals surface area contributed by atoms with Gasteiger partial charge in [-0.15, -0.1) is 0 Å². The molecule has 10 aromatic carbocycles. The van der Waals surface area contributed by atoms with Gasteiger partial charge in [-0.2, -0.15) is 0 Å². The number of fused-ring (bicyclic) bond motifs is 4. The molecule has 0 aliphatic heterocycles. The molecule has 0 heterocycles. The van der Waals surface area contributed by atoms with Gasteiger partial charge in [-0.05, 0) is 117 Å². The van der Waals surface area contributed by atoms with Crippen LogP contribution in [-0.2, 0) is 12.8 Å². The first kappa shape index (κ1) is 23.4. The number of hydrogen-bond donors (Lipinski definition) is 0. The Morgan fingerprint density at radius 1 is 0.256 bits per heavy atom. The Labute approximate surface area is 249 Å². The third kappa shape index (κ3) is 3.16. The third-order valence-electron chi connectivity index (χ3n) is 10.1. The number of benzene rings is 10. The standard InChI is InChI=1S/C43H28/c1(8-26-22-24-38-34-18-4-12-28-10-2-16-32(40(28)34)36-20-6-14-30(26)42(36)38)9-27-23-25-39-35-19-5-13-29-11-3-17-33(41(29)35)37-21-7-15-31(27)43(37)39/h2-7,10-25H,1,8-9H2. The molecule has 0 heteroatoms. The van der Waals surface area contributed by atoms with Crippen molar-refractivity contribution in [3.05, 3.63) is 145 Å². The fourth-order valence-electron chi connectivity index (χ4n) is 8.32. The summed E-state index contributed by atoms with van der Waals surface area (Å²) in [6, 6.07) is 50.3. The molecule has 0 saturated carbocycles. The molecule has 0 fully saturated rings. The highest BCUT2D eigenvalue weighted by Crippen LogP contribution is 2.43. The largest absolute Gasteiger partial charge is 0.0610 e. The normalized spacial score (nSPS) is 12.5. The zero-order chi connectivity index (χ0) is 28.1. The molecule has 0 bridgehead atoms. The average molecular weight is 545 g/mol. The van der Waals surface area contributed by atoms with Crippen molar-refractivity contribution in [1.82, 2.24) is 0 Å². The van der Waals surface area contributed by atoms with Crippen LogP contribution in [0.3, 0.4) is 0 Å². The molecule has 0 atom stereocenters. The molecule has 0 aromatic heterocycles. The summed E-state index contributed by atoms with van der Waals surface area (Å²) in [4.78, 5) is 0. The molecule has 10 rings (SSSR count). The van der Waals surface area contributed by atoms with Gasteiger partial charge in [-0.3, -0.25) is 0 Å². The Kier molecular flexibility index (Phi) is 4.71. The average Bonchev–Trinajstić information content (AvgIpc) is 3.06. The highest BCUT2D eigenvalue weighted by molar-refractivity contribution is 6.34. The summed E-state index contributed by atoms with van der Waals surface area (Å²) in [6.07, 6.45) is 3.25. The molecular weight excluding hydrogens is 516 g/mol. The molecule has 0 N–H and O–H groups in total. The minimum atomic E-state index is 1.07. The molecule has 0 unspecified atom stereocenters. The smallest absolute Gasteiger partial charge is 0.00236 e. The molecule has 0 amide bonds. The second kappa shape index (κ2) is 8.66. The van der Waals surface area contributed by atoms with Crippen LogP contribution in [0.25, 0.3) is 86.2 Å². The van der Waals surface area contributed by atoms with Crippen molar-refractivity contribution in [3.8, 4) is 0 Å². The highest BCUT2D eigenvalue weighted by atomic mass is 14.2. The van der Waals surface area contributed by atoms with Crippen LogP contribution in [0, 0.1) is 0 Å². The second-order valence-electron chi connectivity index (χ2n) is 12.3. The van der Waals surface area contributed by atoms with Gasteiger partial charge >= 0.3 is 0 Å². The molecule has 0 aliphatic carbocycles. The van der Waals surface area contributed by atoms with Crippen molar-refractivity contribution in [1.29, 1.82) is 0 Å². The van der Waals surface area contributed by atoms with Gasteiger partial charge in [-0.1, -0.05) is 133 Å². The maximum Gasteiger partial charge on any atom is -0.00236 e. The fraction of sp³-hybridized carbons (Fsp3) is 0.0698. The molecule has 0 saturated heterocycles. The molecule has 0 aliphatic rings. The van der Waals surface area contributed by atoms with E-state index in [4.69, 9.17) is 0 Å². The van der Waals surface area contributed by atoms with Gasteiger partial charge in [0, 0.05) is 0 Å². The van der Waals surface area contributed by atoms with Crippen LogP contribution in [0.4, 0.5) is 0 Å². The van der Waals surface area contributed by atoms with E-state index in [1.165, 1.54) is 97.3 Å². The molecular formula is C43H28. The predicted octanol–water partition coefficient (Wildman–Crippen LogP) is 12.0. The van der Waals surface area contributed by atoms with Crippen LogP contribution in [0.5, 0.6) is 0 Å². The van der Waals surface area contributed by atoms with Gasteiger partial charge in [0.25, 0.3) is 0 Å². The van der Waals surface area contributed by atoms with Crippen LogP contribution in [0.1, 0.15) is 17.5 Å². The van der Waals surface area contributed by atoms with E-state index in [0.717, 1.165) is 19.3 Å². The first-order valence-electron chi connectivity index (χ1n) is 15.5. The molecule has 200 valence electrons. The minimum absolute atomic E-state index is 1.07. The van der Waals surface area contributed by atoms with Gasteiger partial charge in [0.1, 0.15) is 0 Å². The number of rotatable bonds is 4. The summed E-state index contributed by atoms with van der Waals surface area (Å²) >= 11 is 0. The summed E-state index contributed by atoms with van der Waals surface area (Å²) in [5.41, 5.74) is 2.91. The molecule has 43 heavy (non-hydrogen) atoms. The van der Waals surface area contributed by atoms with Gasteiger partial charge in [-0.25, -0.2) is 0 Å². The van der Waals surface area contributed by atoms with E-state index < -0.39 is 0 Å². The van der Waals surface area contributed by atoms with Gasteiger partial charge in [0.15, 0.2) is 0 Å². The Balaban J connectivity index is 1.08. The van der Waals surface area contributed by atoms with Crippen molar-refractivity contribution in [2.24, 2.45) is 0 Å². The van der Waals surface area contributed by atoms with Crippen LogP contribution < -0.4 is 0 Å². The van der Waals surface area contributed by atoms with Crippen LogP contribution in [0.2, 0.25) is 0 Å². The second-order valence-corrected chi connectivity index (χ2v) is 12.3. The van der Waals surface area contributed by atoms with Gasteiger partial charge in [0.2, 0.25) is 0 Å². The summed E-state index contributed by atoms with van der Waals surface area (Å²) in [7, 11) is 0. The molecule has 0 nitrogen and oxygen atoms in total. The molecule has 10 aromatic rings. The van der Waals surface area contributed by atoms with Crippen molar-refractivity contribution < 1.29 is 0 Å². The Bertz CT molecular complexity index is 2400. The predicted molar refractivity (Wildman–Crippen MR) is 187 cm³/mol. The molecule has 0 spiro atoms. The quantitative estimate of drug-likeness (QED) is 0.153. The SMILES string of the molecule is c1cc2cccc3c4ccc(CCCc5ccc6c7cccc8cccc(c9cccc5c96)c87)c5cccc(c(c1)c23)c54. The summed E-state index contributed by atoms with van der Waals surface area (Å²) in [5.74, 6) is 0. The van der Waals surface area contributed by atoms with Crippen LogP contribution >= 0.6 is 0 Å².